The highest BCUT2D eigenvalue weighted by Gasteiger charge is 2.28. The van der Waals surface area contributed by atoms with E-state index in [1.165, 1.54) is 4.90 Å². The average molecular weight is 501 g/mol. The van der Waals surface area contributed by atoms with Gasteiger partial charge in [-0.25, -0.2) is 13.2 Å². The predicted molar refractivity (Wildman–Crippen MR) is 107 cm³/mol. The summed E-state index contributed by atoms with van der Waals surface area (Å²) >= 11 is 0. The van der Waals surface area contributed by atoms with Crippen LogP contribution in [0.15, 0.2) is 9.05 Å². The van der Waals surface area contributed by atoms with Crippen molar-refractivity contribution in [3.8, 4) is 17.2 Å². The van der Waals surface area contributed by atoms with Crippen molar-refractivity contribution in [2.24, 2.45) is 0 Å². The van der Waals surface area contributed by atoms with Gasteiger partial charge in [0, 0.05) is 26.2 Å². The summed E-state index contributed by atoms with van der Waals surface area (Å²) in [6, 6.07) is 0. The highest BCUT2D eigenvalue weighted by molar-refractivity contribution is 5.77. The molecule has 0 spiro atoms. The Balaban J connectivity index is 1.34. The summed E-state index contributed by atoms with van der Waals surface area (Å²) in [6.45, 7) is 4.52. The van der Waals surface area contributed by atoms with E-state index in [1.54, 1.807) is 13.8 Å². The van der Waals surface area contributed by atoms with Crippen LogP contribution in [-0.4, -0.2) is 63.8 Å². The molecule has 0 aliphatic carbocycles. The number of benzene rings is 1. The van der Waals surface area contributed by atoms with Crippen molar-refractivity contribution in [1.82, 2.24) is 25.1 Å². The molecule has 0 bridgehead atoms. The van der Waals surface area contributed by atoms with E-state index in [9.17, 15) is 26.7 Å². The summed E-state index contributed by atoms with van der Waals surface area (Å²) in [5.41, 5.74) is 1.25. The lowest BCUT2D eigenvalue weighted by Gasteiger charge is -2.21. The number of rotatable bonds is 6. The van der Waals surface area contributed by atoms with Gasteiger partial charge in [0.2, 0.25) is 29.1 Å². The van der Waals surface area contributed by atoms with E-state index in [0.717, 1.165) is 0 Å². The van der Waals surface area contributed by atoms with E-state index in [4.69, 9.17) is 9.05 Å². The minimum absolute atomic E-state index is 0.244. The minimum Gasteiger partial charge on any atom is -0.477 e. The maximum absolute atomic E-state index is 13.7. The Labute approximate surface area is 195 Å². The molecule has 1 fully saturated rings. The van der Waals surface area contributed by atoms with Gasteiger partial charge >= 0.3 is 0 Å². The Morgan fingerprint density at radius 3 is 2.26 bits per heavy atom. The van der Waals surface area contributed by atoms with Crippen molar-refractivity contribution in [3.05, 3.63) is 46.4 Å². The van der Waals surface area contributed by atoms with Crippen molar-refractivity contribution >= 4 is 5.91 Å². The molecule has 2 aromatic heterocycles. The number of hydrogen-bond donors (Lipinski definition) is 0. The Morgan fingerprint density at radius 2 is 1.60 bits per heavy atom. The largest absolute Gasteiger partial charge is 0.477 e. The van der Waals surface area contributed by atoms with Crippen molar-refractivity contribution in [1.29, 1.82) is 0 Å². The van der Waals surface area contributed by atoms with Crippen LogP contribution in [0, 0.1) is 42.9 Å². The lowest BCUT2D eigenvalue weighted by molar-refractivity contribution is -0.133. The molecule has 0 atom stereocenters. The van der Waals surface area contributed by atoms with Crippen LogP contribution >= 0.6 is 0 Å². The van der Waals surface area contributed by atoms with Gasteiger partial charge in [0.25, 0.3) is 11.8 Å². The maximum atomic E-state index is 13.7. The number of aromatic nitrogens is 3. The van der Waals surface area contributed by atoms with Gasteiger partial charge in [0.15, 0.2) is 18.2 Å². The van der Waals surface area contributed by atoms with E-state index >= 15 is 0 Å². The van der Waals surface area contributed by atoms with Crippen LogP contribution in [0.5, 0.6) is 5.75 Å². The zero-order valence-electron chi connectivity index (χ0n) is 18.7. The molecule has 0 saturated carbocycles. The number of amides is 1. The molecular formula is C21H20F5N5O4. The van der Waals surface area contributed by atoms with Crippen molar-refractivity contribution in [3.63, 3.8) is 0 Å². The highest BCUT2D eigenvalue weighted by Crippen LogP contribution is 2.29. The van der Waals surface area contributed by atoms with E-state index in [2.05, 4.69) is 20.0 Å². The van der Waals surface area contributed by atoms with Crippen molar-refractivity contribution in [2.45, 2.75) is 26.8 Å². The molecule has 4 rings (SSSR count). The standard InChI is InChI=1S/C21H20F5N5O4/c1-10-14(11(2)34-28-10)21-27-12(29-35-21)8-30-4-3-5-31(7-6-30)13(32)9-33-20-18(25)16(23)15(22)17(24)19(20)26/h3-9H2,1-2H3. The molecule has 1 aliphatic rings. The van der Waals surface area contributed by atoms with Crippen LogP contribution in [0.2, 0.25) is 0 Å². The van der Waals surface area contributed by atoms with Gasteiger partial charge in [-0.3, -0.25) is 9.69 Å². The third kappa shape index (κ3) is 4.97. The average Bonchev–Trinajstić information content (AvgIpc) is 3.33. The van der Waals surface area contributed by atoms with Crippen LogP contribution < -0.4 is 4.74 Å². The number of aryl methyl sites for hydroxylation is 2. The third-order valence-electron chi connectivity index (χ3n) is 5.53. The van der Waals surface area contributed by atoms with Gasteiger partial charge in [0.1, 0.15) is 11.3 Å². The van der Waals surface area contributed by atoms with Gasteiger partial charge in [-0.2, -0.15) is 13.8 Å². The molecule has 188 valence electrons. The number of ether oxygens (including phenoxy) is 1. The molecule has 3 heterocycles. The Kier molecular flexibility index (Phi) is 7.00. The van der Waals surface area contributed by atoms with Crippen LogP contribution in [-0.2, 0) is 11.3 Å². The van der Waals surface area contributed by atoms with E-state index in [0.29, 0.717) is 55.4 Å². The number of hydrogen-bond acceptors (Lipinski definition) is 8. The summed E-state index contributed by atoms with van der Waals surface area (Å²) in [5, 5.41) is 7.83. The van der Waals surface area contributed by atoms with Crippen LogP contribution in [0.1, 0.15) is 23.7 Å². The first-order chi connectivity index (χ1) is 16.7. The van der Waals surface area contributed by atoms with E-state index in [1.807, 2.05) is 4.90 Å². The van der Waals surface area contributed by atoms with Crippen LogP contribution in [0.4, 0.5) is 22.0 Å². The molecule has 0 radical (unpaired) electrons. The maximum Gasteiger partial charge on any atom is 0.263 e. The van der Waals surface area contributed by atoms with Gasteiger partial charge < -0.3 is 18.7 Å². The van der Waals surface area contributed by atoms with Gasteiger partial charge in [-0.05, 0) is 20.3 Å². The normalized spacial score (nSPS) is 14.9. The quantitative estimate of drug-likeness (QED) is 0.289. The second-order valence-electron chi connectivity index (χ2n) is 7.91. The second-order valence-corrected chi connectivity index (χ2v) is 7.91. The highest BCUT2D eigenvalue weighted by atomic mass is 19.2. The summed E-state index contributed by atoms with van der Waals surface area (Å²) in [7, 11) is 0. The fourth-order valence-corrected chi connectivity index (χ4v) is 3.72. The first-order valence-electron chi connectivity index (χ1n) is 10.6. The monoisotopic (exact) mass is 501 g/mol. The fraction of sp³-hybridized carbons (Fsp3) is 0.429. The summed E-state index contributed by atoms with van der Waals surface area (Å²) in [4.78, 5) is 20.2. The summed E-state index contributed by atoms with van der Waals surface area (Å²) in [5.74, 6) is -11.7. The molecular weight excluding hydrogens is 481 g/mol. The van der Waals surface area contributed by atoms with E-state index in [-0.39, 0.29) is 12.4 Å². The van der Waals surface area contributed by atoms with Crippen LogP contribution in [0.25, 0.3) is 11.5 Å². The molecule has 0 unspecified atom stereocenters. The topological polar surface area (TPSA) is 97.7 Å². The number of halogens is 5. The molecule has 9 nitrogen and oxygen atoms in total. The summed E-state index contributed by atoms with van der Waals surface area (Å²) in [6.07, 6.45) is 0.558. The Hall–Kier alpha value is -3.55. The molecule has 1 aliphatic heterocycles. The molecule has 1 aromatic carbocycles. The Morgan fingerprint density at radius 1 is 0.914 bits per heavy atom. The summed E-state index contributed by atoms with van der Waals surface area (Å²) < 4.78 is 82.4. The zero-order valence-corrected chi connectivity index (χ0v) is 18.7. The van der Waals surface area contributed by atoms with Crippen LogP contribution in [0.3, 0.4) is 0 Å². The number of carbonyl (C=O) groups excluding carboxylic acids is 1. The molecule has 1 saturated heterocycles. The minimum atomic E-state index is -2.30. The van der Waals surface area contributed by atoms with Gasteiger partial charge in [0.05, 0.1) is 12.2 Å². The second kappa shape index (κ2) is 9.98. The molecule has 3 aromatic rings. The molecule has 14 heteroatoms. The van der Waals surface area contributed by atoms with Gasteiger partial charge in [-0.1, -0.05) is 10.3 Å². The first kappa shape index (κ1) is 24.6. The number of nitrogens with zero attached hydrogens (tertiary/aromatic N) is 5. The SMILES string of the molecule is Cc1noc(C)c1-c1nc(CN2CCCN(C(=O)COc3c(F)c(F)c(F)c(F)c3F)CC2)no1. The number of carbonyl (C=O) groups is 1. The van der Waals surface area contributed by atoms with E-state index < -0.39 is 47.3 Å². The zero-order chi connectivity index (χ0) is 25.3. The van der Waals surface area contributed by atoms with Gasteiger partial charge in [-0.15, -0.1) is 0 Å². The first-order valence-corrected chi connectivity index (χ1v) is 10.6. The van der Waals surface area contributed by atoms with Crippen molar-refractivity contribution in [2.75, 3.05) is 32.8 Å². The molecule has 0 N–H and O–H groups in total. The predicted octanol–water partition coefficient (Wildman–Crippen LogP) is 3.15. The molecule has 35 heavy (non-hydrogen) atoms. The smallest absolute Gasteiger partial charge is 0.263 e. The molecule has 1 amide bonds. The lowest BCUT2D eigenvalue weighted by atomic mass is 10.2. The lowest BCUT2D eigenvalue weighted by Crippen LogP contribution is -2.38. The Bertz CT molecular complexity index is 1200. The van der Waals surface area contributed by atoms with Crippen molar-refractivity contribution < 1.29 is 40.5 Å². The fourth-order valence-electron chi connectivity index (χ4n) is 3.72. The third-order valence-corrected chi connectivity index (χ3v) is 5.53.